The monoisotopic (exact) mass is 381 g/mol. The lowest BCUT2D eigenvalue weighted by Crippen LogP contribution is -2.07. The number of nitrogens with zero attached hydrogens (tertiary/aromatic N) is 2. The summed E-state index contributed by atoms with van der Waals surface area (Å²) in [5, 5.41) is 12.3. The number of hydrogen-bond donors (Lipinski definition) is 2. The molecule has 1 aromatic carbocycles. The highest BCUT2D eigenvalue weighted by molar-refractivity contribution is 7.15. The number of carboxylic acid groups (broad SMARTS) is 1. The highest BCUT2D eigenvalue weighted by Crippen LogP contribution is 2.30. The zero-order valence-electron chi connectivity index (χ0n) is 15.7. The maximum atomic E-state index is 10.8. The van der Waals surface area contributed by atoms with Gasteiger partial charge in [-0.05, 0) is 49.6 Å². The summed E-state index contributed by atoms with van der Waals surface area (Å²) in [4.78, 5) is 22.7. The molecule has 0 spiro atoms. The SMILES string of the molecule is CCc1nc(-c2ccc(C)s2)nc(Nc2ccc(CC(=O)O)cc2)c1CC. The van der Waals surface area contributed by atoms with E-state index in [0.29, 0.717) is 0 Å². The summed E-state index contributed by atoms with van der Waals surface area (Å²) in [6.45, 7) is 6.29. The minimum atomic E-state index is -0.830. The van der Waals surface area contributed by atoms with Gasteiger partial charge in [-0.15, -0.1) is 11.3 Å². The van der Waals surface area contributed by atoms with E-state index in [1.165, 1.54) is 4.88 Å². The maximum Gasteiger partial charge on any atom is 0.307 e. The van der Waals surface area contributed by atoms with Crippen LogP contribution in [0.25, 0.3) is 10.7 Å². The summed E-state index contributed by atoms with van der Waals surface area (Å²) < 4.78 is 0. The Morgan fingerprint density at radius 1 is 1.07 bits per heavy atom. The standard InChI is InChI=1S/C21H23N3O2S/c1-4-16-17(5-2)23-21(18-11-6-13(3)27-18)24-20(16)22-15-9-7-14(8-10-15)12-19(25)26/h6-11H,4-5,12H2,1-3H3,(H,25,26)(H,22,23,24). The molecule has 2 heterocycles. The molecule has 0 saturated heterocycles. The number of nitrogens with one attached hydrogen (secondary N) is 1. The van der Waals surface area contributed by atoms with Crippen molar-refractivity contribution in [2.75, 3.05) is 5.32 Å². The first-order valence-corrected chi connectivity index (χ1v) is 9.86. The van der Waals surface area contributed by atoms with Crippen LogP contribution in [-0.4, -0.2) is 21.0 Å². The number of anilines is 2. The highest BCUT2D eigenvalue weighted by atomic mass is 32.1. The Hall–Kier alpha value is -2.73. The van der Waals surface area contributed by atoms with Crippen LogP contribution in [0.5, 0.6) is 0 Å². The van der Waals surface area contributed by atoms with Crippen molar-refractivity contribution in [1.82, 2.24) is 9.97 Å². The number of carboxylic acids is 1. The van der Waals surface area contributed by atoms with Crippen molar-refractivity contribution >= 4 is 28.8 Å². The van der Waals surface area contributed by atoms with E-state index in [0.717, 1.165) is 51.9 Å². The molecule has 3 aromatic rings. The lowest BCUT2D eigenvalue weighted by molar-refractivity contribution is -0.136. The third kappa shape index (κ3) is 4.52. The summed E-state index contributed by atoms with van der Waals surface area (Å²) in [5.74, 6) is 0.729. The second-order valence-electron chi connectivity index (χ2n) is 6.33. The summed E-state index contributed by atoms with van der Waals surface area (Å²) >= 11 is 1.69. The first-order valence-electron chi connectivity index (χ1n) is 9.04. The van der Waals surface area contributed by atoms with Crippen molar-refractivity contribution in [3.8, 4) is 10.7 Å². The third-order valence-corrected chi connectivity index (χ3v) is 5.31. The van der Waals surface area contributed by atoms with E-state index >= 15 is 0 Å². The average molecular weight is 382 g/mol. The van der Waals surface area contributed by atoms with Gasteiger partial charge in [-0.1, -0.05) is 26.0 Å². The molecule has 0 aliphatic carbocycles. The normalized spacial score (nSPS) is 10.8. The molecule has 0 atom stereocenters. The van der Waals surface area contributed by atoms with Crippen LogP contribution in [0.2, 0.25) is 0 Å². The Bertz CT molecular complexity index is 949. The molecule has 0 aliphatic heterocycles. The molecule has 0 aliphatic rings. The van der Waals surface area contributed by atoms with Crippen molar-refractivity contribution in [3.63, 3.8) is 0 Å². The van der Waals surface area contributed by atoms with Gasteiger partial charge in [0.1, 0.15) is 5.82 Å². The van der Waals surface area contributed by atoms with Crippen LogP contribution in [0.4, 0.5) is 11.5 Å². The van der Waals surface area contributed by atoms with E-state index in [2.05, 4.69) is 38.2 Å². The minimum Gasteiger partial charge on any atom is -0.481 e. The van der Waals surface area contributed by atoms with E-state index < -0.39 is 5.97 Å². The molecular formula is C21H23N3O2S. The molecule has 140 valence electrons. The number of carbonyl (C=O) groups is 1. The molecule has 6 heteroatoms. The smallest absolute Gasteiger partial charge is 0.307 e. The van der Waals surface area contributed by atoms with Crippen LogP contribution in [0.1, 0.15) is 35.5 Å². The first-order chi connectivity index (χ1) is 13.0. The van der Waals surface area contributed by atoms with Gasteiger partial charge in [-0.3, -0.25) is 4.79 Å². The average Bonchev–Trinajstić information content (AvgIpc) is 3.08. The Morgan fingerprint density at radius 2 is 1.81 bits per heavy atom. The van der Waals surface area contributed by atoms with E-state index in [1.54, 1.807) is 11.3 Å². The van der Waals surface area contributed by atoms with Crippen molar-refractivity contribution in [1.29, 1.82) is 0 Å². The largest absolute Gasteiger partial charge is 0.481 e. The molecule has 0 saturated carbocycles. The predicted molar refractivity (Wildman–Crippen MR) is 110 cm³/mol. The summed E-state index contributed by atoms with van der Waals surface area (Å²) in [5.41, 5.74) is 3.83. The van der Waals surface area contributed by atoms with Crippen LogP contribution in [0.3, 0.4) is 0 Å². The molecule has 0 fully saturated rings. The van der Waals surface area contributed by atoms with E-state index in [1.807, 2.05) is 24.3 Å². The molecule has 0 radical (unpaired) electrons. The van der Waals surface area contributed by atoms with Crippen LogP contribution in [0, 0.1) is 6.92 Å². The van der Waals surface area contributed by atoms with Crippen molar-refractivity contribution in [3.05, 3.63) is 58.1 Å². The first kappa shape index (κ1) is 19.0. The number of hydrogen-bond acceptors (Lipinski definition) is 5. The second kappa shape index (κ2) is 8.31. The van der Waals surface area contributed by atoms with Crippen molar-refractivity contribution in [2.24, 2.45) is 0 Å². The van der Waals surface area contributed by atoms with Gasteiger partial charge < -0.3 is 10.4 Å². The number of aromatic nitrogens is 2. The number of benzene rings is 1. The Kier molecular flexibility index (Phi) is 5.86. The molecule has 2 N–H and O–H groups in total. The quantitative estimate of drug-likeness (QED) is 0.602. The molecule has 0 bridgehead atoms. The molecule has 2 aromatic heterocycles. The van der Waals surface area contributed by atoms with E-state index in [-0.39, 0.29) is 6.42 Å². The summed E-state index contributed by atoms with van der Waals surface area (Å²) in [6.07, 6.45) is 1.71. The van der Waals surface area contributed by atoms with Gasteiger partial charge in [0.2, 0.25) is 0 Å². The van der Waals surface area contributed by atoms with Gasteiger partial charge in [0.05, 0.1) is 11.3 Å². The minimum absolute atomic E-state index is 0.0237. The van der Waals surface area contributed by atoms with Gasteiger partial charge in [-0.25, -0.2) is 9.97 Å². The Balaban J connectivity index is 1.96. The van der Waals surface area contributed by atoms with Crippen molar-refractivity contribution in [2.45, 2.75) is 40.0 Å². The van der Waals surface area contributed by atoms with Crippen LogP contribution >= 0.6 is 11.3 Å². The number of thiophene rings is 1. The van der Waals surface area contributed by atoms with Crippen LogP contribution in [-0.2, 0) is 24.1 Å². The zero-order valence-corrected chi connectivity index (χ0v) is 16.6. The lowest BCUT2D eigenvalue weighted by Gasteiger charge is -2.15. The maximum absolute atomic E-state index is 10.8. The molecule has 27 heavy (non-hydrogen) atoms. The van der Waals surface area contributed by atoms with Gasteiger partial charge in [0.15, 0.2) is 5.82 Å². The molecule has 0 unspecified atom stereocenters. The fourth-order valence-electron chi connectivity index (χ4n) is 2.98. The fraction of sp³-hybridized carbons (Fsp3) is 0.286. The highest BCUT2D eigenvalue weighted by Gasteiger charge is 2.14. The molecule has 0 amide bonds. The fourth-order valence-corrected chi connectivity index (χ4v) is 3.78. The molecular weight excluding hydrogens is 358 g/mol. The topological polar surface area (TPSA) is 75.1 Å². The van der Waals surface area contributed by atoms with Crippen LogP contribution in [0.15, 0.2) is 36.4 Å². The third-order valence-electron chi connectivity index (χ3n) is 4.31. The Morgan fingerprint density at radius 3 is 2.37 bits per heavy atom. The number of rotatable bonds is 7. The summed E-state index contributed by atoms with van der Waals surface area (Å²) in [7, 11) is 0. The van der Waals surface area contributed by atoms with E-state index in [4.69, 9.17) is 15.1 Å². The van der Waals surface area contributed by atoms with Gasteiger partial charge >= 0.3 is 5.97 Å². The molecule has 3 rings (SSSR count). The molecule has 5 nitrogen and oxygen atoms in total. The van der Waals surface area contributed by atoms with E-state index in [9.17, 15) is 4.79 Å². The number of aliphatic carboxylic acids is 1. The van der Waals surface area contributed by atoms with Crippen molar-refractivity contribution < 1.29 is 9.90 Å². The van der Waals surface area contributed by atoms with Crippen LogP contribution < -0.4 is 5.32 Å². The zero-order chi connectivity index (χ0) is 19.4. The van der Waals surface area contributed by atoms with Gasteiger partial charge in [-0.2, -0.15) is 0 Å². The van der Waals surface area contributed by atoms with Gasteiger partial charge in [0.25, 0.3) is 0 Å². The number of aryl methyl sites for hydroxylation is 2. The summed E-state index contributed by atoms with van der Waals surface area (Å²) in [6, 6.07) is 11.6. The Labute approximate surface area is 163 Å². The predicted octanol–water partition coefficient (Wildman–Crippen LogP) is 5.01. The second-order valence-corrected chi connectivity index (χ2v) is 7.62. The van der Waals surface area contributed by atoms with Gasteiger partial charge in [0, 0.05) is 21.8 Å². The lowest BCUT2D eigenvalue weighted by atomic mass is 10.1.